The number of hydrogen-bond donors (Lipinski definition) is 1. The van der Waals surface area contributed by atoms with E-state index in [-0.39, 0.29) is 17.3 Å². The number of carbonyl (C=O) groups excluding carboxylic acids is 1. The summed E-state index contributed by atoms with van der Waals surface area (Å²) in [5.41, 5.74) is 1.34. The Hall–Kier alpha value is -3.51. The van der Waals surface area contributed by atoms with Crippen LogP contribution in [0.2, 0.25) is 0 Å². The van der Waals surface area contributed by atoms with Crippen LogP contribution in [0.25, 0.3) is 11.4 Å². The molecule has 0 bridgehead atoms. The molecule has 1 amide bonds. The molecular formula is C23H24N6O5S. The number of amides is 1. The maximum Gasteiger partial charge on any atom is 0.243 e. The minimum atomic E-state index is -3.90. The maximum absolute atomic E-state index is 13.4. The van der Waals surface area contributed by atoms with Crippen LogP contribution in [0.4, 0.5) is 5.69 Å². The van der Waals surface area contributed by atoms with Gasteiger partial charge < -0.3 is 14.8 Å². The quantitative estimate of drug-likeness (QED) is 0.550. The van der Waals surface area contributed by atoms with E-state index in [1.165, 1.54) is 16.4 Å². The van der Waals surface area contributed by atoms with Gasteiger partial charge in [0.05, 0.1) is 10.9 Å². The number of carbonyl (C=O) groups is 1. The molecule has 1 saturated carbocycles. The van der Waals surface area contributed by atoms with Crippen LogP contribution in [0, 0.1) is 0 Å². The number of rotatable bonds is 6. The molecule has 35 heavy (non-hydrogen) atoms. The second-order valence-corrected chi connectivity index (χ2v) is 10.7. The number of anilines is 1. The number of aromatic nitrogens is 4. The molecule has 0 radical (unpaired) electrons. The molecule has 2 aliphatic heterocycles. The standard InChI is InChI=1S/C23H24N6O5S/c30-23(24-16-4-1-3-15(13-16)22-25-26-27-29(22)17-6-7-17)19-5-2-10-28(19)35(31,32)18-8-9-20-21(14-18)34-12-11-33-20/h1,3-4,8-9,13-14,17,19H,2,5-7,10-12H2,(H,24,30)/t19-/m0/s1. The first-order valence-corrected chi connectivity index (χ1v) is 13.1. The van der Waals surface area contributed by atoms with Gasteiger partial charge in [0.25, 0.3) is 0 Å². The van der Waals surface area contributed by atoms with Gasteiger partial charge in [0.1, 0.15) is 19.3 Å². The Morgan fingerprint density at radius 2 is 1.86 bits per heavy atom. The summed E-state index contributed by atoms with van der Waals surface area (Å²) in [6, 6.07) is 11.3. The molecule has 3 aromatic rings. The molecule has 2 aromatic carbocycles. The summed E-state index contributed by atoms with van der Waals surface area (Å²) < 4.78 is 41.0. The highest BCUT2D eigenvalue weighted by molar-refractivity contribution is 7.89. The Balaban J connectivity index is 1.22. The Morgan fingerprint density at radius 1 is 1.03 bits per heavy atom. The fourth-order valence-electron chi connectivity index (χ4n) is 4.52. The van der Waals surface area contributed by atoms with Crippen molar-refractivity contribution >= 4 is 21.6 Å². The number of nitrogens with zero attached hydrogens (tertiary/aromatic N) is 5. The topological polar surface area (TPSA) is 129 Å². The summed E-state index contributed by atoms with van der Waals surface area (Å²) in [4.78, 5) is 13.3. The lowest BCUT2D eigenvalue weighted by atomic mass is 10.1. The zero-order valence-electron chi connectivity index (χ0n) is 18.8. The van der Waals surface area contributed by atoms with Gasteiger partial charge in [-0.1, -0.05) is 12.1 Å². The molecule has 6 rings (SSSR count). The van der Waals surface area contributed by atoms with E-state index < -0.39 is 16.1 Å². The van der Waals surface area contributed by atoms with Crippen LogP contribution >= 0.6 is 0 Å². The first-order valence-electron chi connectivity index (χ1n) is 11.6. The molecule has 1 atom stereocenters. The van der Waals surface area contributed by atoms with E-state index in [0.717, 1.165) is 18.4 Å². The van der Waals surface area contributed by atoms with Crippen molar-refractivity contribution in [1.29, 1.82) is 0 Å². The van der Waals surface area contributed by atoms with Gasteiger partial charge in [-0.15, -0.1) is 5.10 Å². The molecule has 1 aromatic heterocycles. The third-order valence-corrected chi connectivity index (χ3v) is 8.30. The van der Waals surface area contributed by atoms with E-state index in [1.807, 2.05) is 12.1 Å². The average Bonchev–Trinajstić information content (AvgIpc) is 3.38. The lowest BCUT2D eigenvalue weighted by molar-refractivity contribution is -0.119. The van der Waals surface area contributed by atoms with Gasteiger partial charge in [-0.05, 0) is 60.4 Å². The van der Waals surface area contributed by atoms with Gasteiger partial charge in [-0.3, -0.25) is 4.79 Å². The van der Waals surface area contributed by atoms with Crippen LogP contribution in [-0.2, 0) is 14.8 Å². The van der Waals surface area contributed by atoms with Gasteiger partial charge in [-0.2, -0.15) is 4.31 Å². The lowest BCUT2D eigenvalue weighted by Crippen LogP contribution is -2.43. The highest BCUT2D eigenvalue weighted by Gasteiger charge is 2.40. The van der Waals surface area contributed by atoms with E-state index in [4.69, 9.17) is 9.47 Å². The Morgan fingerprint density at radius 3 is 2.69 bits per heavy atom. The first-order chi connectivity index (χ1) is 17.0. The van der Waals surface area contributed by atoms with Crippen LogP contribution < -0.4 is 14.8 Å². The maximum atomic E-state index is 13.4. The number of nitrogens with one attached hydrogen (secondary N) is 1. The van der Waals surface area contributed by atoms with E-state index in [9.17, 15) is 13.2 Å². The number of benzene rings is 2. The van der Waals surface area contributed by atoms with Gasteiger partial charge in [-0.25, -0.2) is 13.1 Å². The molecule has 1 aliphatic carbocycles. The van der Waals surface area contributed by atoms with Crippen molar-refractivity contribution in [3.05, 3.63) is 42.5 Å². The third-order valence-electron chi connectivity index (χ3n) is 6.40. The molecule has 0 unspecified atom stereocenters. The lowest BCUT2D eigenvalue weighted by Gasteiger charge is -2.24. The number of tetrazole rings is 1. The zero-order valence-corrected chi connectivity index (χ0v) is 19.6. The zero-order chi connectivity index (χ0) is 24.0. The largest absolute Gasteiger partial charge is 0.486 e. The smallest absolute Gasteiger partial charge is 0.243 e. The van der Waals surface area contributed by atoms with Gasteiger partial charge in [0, 0.05) is 23.9 Å². The van der Waals surface area contributed by atoms with Crippen molar-refractivity contribution in [3.8, 4) is 22.9 Å². The molecule has 182 valence electrons. The SMILES string of the molecule is O=C(Nc1cccc(-c2nnnn2C2CC2)c1)[C@@H]1CCCN1S(=O)(=O)c1ccc2c(c1)OCCO2. The van der Waals surface area contributed by atoms with Gasteiger partial charge in [0.15, 0.2) is 17.3 Å². The van der Waals surface area contributed by atoms with Crippen molar-refractivity contribution in [2.75, 3.05) is 25.1 Å². The van der Waals surface area contributed by atoms with E-state index in [2.05, 4.69) is 20.8 Å². The number of sulfonamides is 1. The molecule has 2 fully saturated rings. The average molecular weight is 497 g/mol. The molecular weight excluding hydrogens is 472 g/mol. The fraction of sp³-hybridized carbons (Fsp3) is 0.391. The number of hydrogen-bond acceptors (Lipinski definition) is 8. The summed E-state index contributed by atoms with van der Waals surface area (Å²) in [6.07, 6.45) is 3.13. The van der Waals surface area contributed by atoms with Crippen molar-refractivity contribution in [1.82, 2.24) is 24.5 Å². The first kappa shape index (κ1) is 22.0. The van der Waals surface area contributed by atoms with E-state index >= 15 is 0 Å². The fourth-order valence-corrected chi connectivity index (χ4v) is 6.19. The second kappa shape index (κ2) is 8.61. The predicted octanol–water partition coefficient (Wildman–Crippen LogP) is 2.24. The number of fused-ring (bicyclic) bond motifs is 1. The normalized spacial score (nSPS) is 20.1. The van der Waals surface area contributed by atoms with E-state index in [0.29, 0.717) is 55.1 Å². The molecule has 11 nitrogen and oxygen atoms in total. The Kier molecular flexibility index (Phi) is 5.41. The summed E-state index contributed by atoms with van der Waals surface area (Å²) in [6.45, 7) is 1.05. The molecule has 3 heterocycles. The predicted molar refractivity (Wildman–Crippen MR) is 124 cm³/mol. The summed E-state index contributed by atoms with van der Waals surface area (Å²) >= 11 is 0. The second-order valence-electron chi connectivity index (χ2n) is 8.83. The monoisotopic (exact) mass is 496 g/mol. The van der Waals surface area contributed by atoms with E-state index in [1.54, 1.807) is 22.9 Å². The summed E-state index contributed by atoms with van der Waals surface area (Å²) in [7, 11) is -3.90. The summed E-state index contributed by atoms with van der Waals surface area (Å²) in [5, 5.41) is 14.9. The van der Waals surface area contributed by atoms with Crippen molar-refractivity contribution in [3.63, 3.8) is 0 Å². The van der Waals surface area contributed by atoms with Gasteiger partial charge in [0.2, 0.25) is 15.9 Å². The van der Waals surface area contributed by atoms with Crippen LogP contribution in [0.1, 0.15) is 31.7 Å². The van der Waals surface area contributed by atoms with Crippen LogP contribution in [0.5, 0.6) is 11.5 Å². The molecule has 1 N–H and O–H groups in total. The number of ether oxygens (including phenoxy) is 2. The molecule has 0 spiro atoms. The highest BCUT2D eigenvalue weighted by Crippen LogP contribution is 2.37. The minimum Gasteiger partial charge on any atom is -0.486 e. The van der Waals surface area contributed by atoms with Crippen molar-refractivity contribution < 1.29 is 22.7 Å². The third kappa shape index (κ3) is 4.12. The van der Waals surface area contributed by atoms with Crippen molar-refractivity contribution in [2.24, 2.45) is 0 Å². The van der Waals surface area contributed by atoms with Crippen LogP contribution in [-0.4, -0.2) is 64.6 Å². The highest BCUT2D eigenvalue weighted by atomic mass is 32.2. The minimum absolute atomic E-state index is 0.0790. The summed E-state index contributed by atoms with van der Waals surface area (Å²) in [5.74, 6) is 1.18. The molecule has 1 saturated heterocycles. The molecule has 12 heteroatoms. The molecule has 3 aliphatic rings. The Labute approximate surface area is 202 Å². The van der Waals surface area contributed by atoms with Crippen LogP contribution in [0.15, 0.2) is 47.4 Å². The van der Waals surface area contributed by atoms with Gasteiger partial charge >= 0.3 is 0 Å². The Bertz CT molecular complexity index is 1390. The van der Waals surface area contributed by atoms with Crippen LogP contribution in [0.3, 0.4) is 0 Å². The van der Waals surface area contributed by atoms with Crippen molar-refractivity contribution in [2.45, 2.75) is 42.7 Å².